The van der Waals surface area contributed by atoms with Crippen LogP contribution in [0.25, 0.3) is 0 Å². The van der Waals surface area contributed by atoms with Crippen molar-refractivity contribution in [1.82, 2.24) is 0 Å². The van der Waals surface area contributed by atoms with Crippen LogP contribution < -0.4 is 10.6 Å². The molecule has 16 heavy (non-hydrogen) atoms. The fourth-order valence-electron chi connectivity index (χ4n) is 2.07. The van der Waals surface area contributed by atoms with E-state index in [0.717, 1.165) is 12.2 Å². The Morgan fingerprint density at radius 2 is 2.19 bits per heavy atom. The third-order valence-corrected chi connectivity index (χ3v) is 2.97. The standard InChI is InChI=1S/C12H17FN2O/c1-12(2)8-16-7-6-15(12)10-5-3-4-9(13)11(10)14/h3-5H,6-8,14H2,1-2H3. The van der Waals surface area contributed by atoms with Gasteiger partial charge in [-0.1, -0.05) is 6.07 Å². The van der Waals surface area contributed by atoms with Gasteiger partial charge >= 0.3 is 0 Å². The Kier molecular flexibility index (Phi) is 2.76. The van der Waals surface area contributed by atoms with Crippen molar-refractivity contribution in [1.29, 1.82) is 0 Å². The van der Waals surface area contributed by atoms with Crippen LogP contribution in [0.5, 0.6) is 0 Å². The van der Waals surface area contributed by atoms with E-state index < -0.39 is 0 Å². The Morgan fingerprint density at radius 3 is 2.88 bits per heavy atom. The normalized spacial score (nSPS) is 19.8. The number of morpholine rings is 1. The van der Waals surface area contributed by atoms with Crippen LogP contribution in [-0.4, -0.2) is 25.3 Å². The molecule has 0 aliphatic carbocycles. The molecule has 0 aromatic heterocycles. The molecule has 88 valence electrons. The molecule has 0 saturated carbocycles. The first kappa shape index (κ1) is 11.2. The molecule has 0 unspecified atom stereocenters. The summed E-state index contributed by atoms with van der Waals surface area (Å²) >= 11 is 0. The number of anilines is 2. The van der Waals surface area contributed by atoms with Crippen molar-refractivity contribution >= 4 is 11.4 Å². The fourth-order valence-corrected chi connectivity index (χ4v) is 2.07. The number of nitrogens with zero attached hydrogens (tertiary/aromatic N) is 1. The Labute approximate surface area is 95.0 Å². The predicted octanol–water partition coefficient (Wildman–Crippen LogP) is 2.02. The lowest BCUT2D eigenvalue weighted by Crippen LogP contribution is -2.53. The SMILES string of the molecule is CC1(C)COCCN1c1cccc(F)c1N. The topological polar surface area (TPSA) is 38.5 Å². The summed E-state index contributed by atoms with van der Waals surface area (Å²) in [7, 11) is 0. The number of hydrogen-bond donors (Lipinski definition) is 1. The maximum absolute atomic E-state index is 13.4. The number of nitrogen functional groups attached to an aromatic ring is 1. The summed E-state index contributed by atoms with van der Waals surface area (Å²) in [5.74, 6) is -0.361. The third-order valence-electron chi connectivity index (χ3n) is 2.97. The number of halogens is 1. The minimum Gasteiger partial charge on any atom is -0.395 e. The summed E-state index contributed by atoms with van der Waals surface area (Å²) in [5, 5.41) is 0. The van der Waals surface area contributed by atoms with Crippen molar-refractivity contribution in [3.8, 4) is 0 Å². The summed E-state index contributed by atoms with van der Waals surface area (Å²) < 4.78 is 18.8. The molecule has 0 atom stereocenters. The second kappa shape index (κ2) is 3.94. The lowest BCUT2D eigenvalue weighted by molar-refractivity contribution is 0.0644. The molecule has 0 amide bonds. The van der Waals surface area contributed by atoms with Crippen LogP contribution in [0.15, 0.2) is 18.2 Å². The number of hydrogen-bond acceptors (Lipinski definition) is 3. The summed E-state index contributed by atoms with van der Waals surface area (Å²) in [5.41, 5.74) is 6.60. The van der Waals surface area contributed by atoms with Gasteiger partial charge in [0.1, 0.15) is 5.82 Å². The Morgan fingerprint density at radius 1 is 1.44 bits per heavy atom. The van der Waals surface area contributed by atoms with Crippen LogP contribution >= 0.6 is 0 Å². The zero-order valence-electron chi connectivity index (χ0n) is 9.66. The second-order valence-corrected chi connectivity index (χ2v) is 4.69. The number of nitrogens with two attached hydrogens (primary N) is 1. The van der Waals surface area contributed by atoms with Gasteiger partial charge in [0.2, 0.25) is 0 Å². The third kappa shape index (κ3) is 1.85. The molecule has 0 radical (unpaired) electrons. The summed E-state index contributed by atoms with van der Waals surface area (Å²) in [4.78, 5) is 2.11. The maximum atomic E-state index is 13.4. The zero-order chi connectivity index (χ0) is 11.8. The van der Waals surface area contributed by atoms with E-state index in [1.165, 1.54) is 6.07 Å². The molecule has 1 aliphatic heterocycles. The molecular formula is C12H17FN2O. The first-order valence-electron chi connectivity index (χ1n) is 5.42. The lowest BCUT2D eigenvalue weighted by atomic mass is 10.0. The molecule has 1 aliphatic rings. The van der Waals surface area contributed by atoms with E-state index in [1.54, 1.807) is 6.07 Å². The molecular weight excluding hydrogens is 207 g/mol. The van der Waals surface area contributed by atoms with Crippen LogP contribution in [0.3, 0.4) is 0 Å². The number of para-hydroxylation sites is 1. The van der Waals surface area contributed by atoms with Crippen LogP contribution in [0.4, 0.5) is 15.8 Å². The van der Waals surface area contributed by atoms with Gasteiger partial charge in [0.15, 0.2) is 0 Å². The lowest BCUT2D eigenvalue weighted by Gasteiger charge is -2.44. The quantitative estimate of drug-likeness (QED) is 0.742. The zero-order valence-corrected chi connectivity index (χ0v) is 9.66. The predicted molar refractivity (Wildman–Crippen MR) is 63.1 cm³/mol. The van der Waals surface area contributed by atoms with Gasteiger partial charge in [-0.3, -0.25) is 0 Å². The van der Waals surface area contributed by atoms with Crippen molar-refractivity contribution in [2.45, 2.75) is 19.4 Å². The van der Waals surface area contributed by atoms with E-state index in [9.17, 15) is 4.39 Å². The van der Waals surface area contributed by atoms with Crippen LogP contribution in [0.2, 0.25) is 0 Å². The van der Waals surface area contributed by atoms with E-state index in [2.05, 4.69) is 18.7 Å². The average molecular weight is 224 g/mol. The van der Waals surface area contributed by atoms with Gasteiger partial charge < -0.3 is 15.4 Å². The van der Waals surface area contributed by atoms with E-state index >= 15 is 0 Å². The maximum Gasteiger partial charge on any atom is 0.148 e. The van der Waals surface area contributed by atoms with Gasteiger partial charge in [0.25, 0.3) is 0 Å². The second-order valence-electron chi connectivity index (χ2n) is 4.69. The number of rotatable bonds is 1. The highest BCUT2D eigenvalue weighted by Crippen LogP contribution is 2.32. The Hall–Kier alpha value is -1.29. The molecule has 0 spiro atoms. The monoisotopic (exact) mass is 224 g/mol. The van der Waals surface area contributed by atoms with Gasteiger partial charge in [-0.05, 0) is 26.0 Å². The molecule has 1 heterocycles. The number of ether oxygens (including phenoxy) is 1. The first-order valence-corrected chi connectivity index (χ1v) is 5.42. The summed E-state index contributed by atoms with van der Waals surface area (Å²) in [6.45, 7) is 6.15. The molecule has 1 aromatic carbocycles. The van der Waals surface area contributed by atoms with Crippen molar-refractivity contribution in [2.24, 2.45) is 0 Å². The van der Waals surface area contributed by atoms with Gasteiger partial charge in [0.05, 0.1) is 30.1 Å². The van der Waals surface area contributed by atoms with E-state index in [4.69, 9.17) is 10.5 Å². The molecule has 2 rings (SSSR count). The van der Waals surface area contributed by atoms with Gasteiger partial charge in [-0.15, -0.1) is 0 Å². The molecule has 2 N–H and O–H groups in total. The average Bonchev–Trinajstić information content (AvgIpc) is 2.22. The summed E-state index contributed by atoms with van der Waals surface area (Å²) in [6, 6.07) is 4.92. The fraction of sp³-hybridized carbons (Fsp3) is 0.500. The highest BCUT2D eigenvalue weighted by atomic mass is 19.1. The molecule has 3 nitrogen and oxygen atoms in total. The van der Waals surface area contributed by atoms with Crippen LogP contribution in [0, 0.1) is 5.82 Å². The number of benzene rings is 1. The molecule has 1 fully saturated rings. The molecule has 0 bridgehead atoms. The van der Waals surface area contributed by atoms with Gasteiger partial charge in [-0.25, -0.2) is 4.39 Å². The van der Waals surface area contributed by atoms with Gasteiger partial charge in [-0.2, -0.15) is 0 Å². The molecule has 4 heteroatoms. The van der Waals surface area contributed by atoms with Crippen molar-refractivity contribution < 1.29 is 9.13 Å². The van der Waals surface area contributed by atoms with Crippen LogP contribution in [-0.2, 0) is 4.74 Å². The highest BCUT2D eigenvalue weighted by molar-refractivity contribution is 5.69. The largest absolute Gasteiger partial charge is 0.395 e. The summed E-state index contributed by atoms with van der Waals surface area (Å²) in [6.07, 6.45) is 0. The smallest absolute Gasteiger partial charge is 0.148 e. The van der Waals surface area contributed by atoms with E-state index in [-0.39, 0.29) is 17.0 Å². The molecule has 1 aromatic rings. The minimum absolute atomic E-state index is 0.153. The van der Waals surface area contributed by atoms with Crippen LogP contribution in [0.1, 0.15) is 13.8 Å². The Bertz CT molecular complexity index is 393. The molecule has 1 saturated heterocycles. The van der Waals surface area contributed by atoms with E-state index in [1.807, 2.05) is 6.07 Å². The highest BCUT2D eigenvalue weighted by Gasteiger charge is 2.31. The van der Waals surface area contributed by atoms with Gasteiger partial charge in [0, 0.05) is 6.54 Å². The van der Waals surface area contributed by atoms with Crippen molar-refractivity contribution in [3.05, 3.63) is 24.0 Å². The van der Waals surface area contributed by atoms with Crippen molar-refractivity contribution in [3.63, 3.8) is 0 Å². The first-order chi connectivity index (χ1) is 7.52. The van der Waals surface area contributed by atoms with E-state index in [0.29, 0.717) is 13.2 Å². The van der Waals surface area contributed by atoms with Crippen molar-refractivity contribution in [2.75, 3.05) is 30.4 Å². The Balaban J connectivity index is 2.39. The minimum atomic E-state index is -0.361.